The molecule has 1 nitrogen and oxygen atoms in total. The first-order chi connectivity index (χ1) is 9.85. The molecule has 0 heterocycles. The number of benzene rings is 1. The van der Waals surface area contributed by atoms with Crippen LogP contribution >= 0.6 is 0 Å². The summed E-state index contributed by atoms with van der Waals surface area (Å²) in [5, 5.41) is 3.55. The molecule has 1 N–H and O–H groups in total. The van der Waals surface area contributed by atoms with Gasteiger partial charge in [0, 0.05) is 11.6 Å². The van der Waals surface area contributed by atoms with Gasteiger partial charge in [0.1, 0.15) is 11.6 Å². The lowest BCUT2D eigenvalue weighted by atomic mass is 9.85. The lowest BCUT2D eigenvalue weighted by molar-refractivity contribution is 0.284. The van der Waals surface area contributed by atoms with Crippen LogP contribution in [0.15, 0.2) is 18.2 Å². The quantitative estimate of drug-likeness (QED) is 0.830. The molecule has 21 heavy (non-hydrogen) atoms. The summed E-state index contributed by atoms with van der Waals surface area (Å²) in [6.45, 7) is 7.34. The Hall–Kier alpha value is -0.960. The summed E-state index contributed by atoms with van der Waals surface area (Å²) in [5.41, 5.74) is 0.710. The minimum Gasteiger partial charge on any atom is -0.312 e. The van der Waals surface area contributed by atoms with E-state index in [0.717, 1.165) is 12.6 Å². The SMILES string of the molecule is CC(C)(C)NCC(Cc1ccc(F)cc1F)C1CCCC1. The Bertz CT molecular complexity index is 459. The highest BCUT2D eigenvalue weighted by atomic mass is 19.1. The Kier molecular flexibility index (Phi) is 5.37. The number of hydrogen-bond donors (Lipinski definition) is 1. The molecule has 118 valence electrons. The van der Waals surface area contributed by atoms with Gasteiger partial charge in [0.25, 0.3) is 0 Å². The van der Waals surface area contributed by atoms with Gasteiger partial charge in [-0.15, -0.1) is 0 Å². The average molecular weight is 295 g/mol. The van der Waals surface area contributed by atoms with E-state index in [-0.39, 0.29) is 5.54 Å². The summed E-state index contributed by atoms with van der Waals surface area (Å²) < 4.78 is 26.9. The predicted octanol–water partition coefficient (Wildman–Crippen LogP) is 4.70. The topological polar surface area (TPSA) is 12.0 Å². The van der Waals surface area contributed by atoms with Gasteiger partial charge in [-0.1, -0.05) is 31.7 Å². The maximum absolute atomic E-state index is 13.9. The summed E-state index contributed by atoms with van der Waals surface area (Å²) in [6, 6.07) is 3.96. The second-order valence-electron chi connectivity index (χ2n) is 7.38. The predicted molar refractivity (Wildman–Crippen MR) is 83.3 cm³/mol. The van der Waals surface area contributed by atoms with Crippen molar-refractivity contribution in [2.24, 2.45) is 11.8 Å². The first kappa shape index (κ1) is 16.4. The maximum atomic E-state index is 13.9. The van der Waals surface area contributed by atoms with Crippen LogP contribution in [0.1, 0.15) is 52.0 Å². The fraction of sp³-hybridized carbons (Fsp3) is 0.667. The van der Waals surface area contributed by atoms with Gasteiger partial charge in [0.05, 0.1) is 0 Å². The Balaban J connectivity index is 2.07. The fourth-order valence-electron chi connectivity index (χ4n) is 3.24. The van der Waals surface area contributed by atoms with Crippen molar-refractivity contribution < 1.29 is 8.78 Å². The van der Waals surface area contributed by atoms with Crippen molar-refractivity contribution in [1.82, 2.24) is 5.32 Å². The fourth-order valence-corrected chi connectivity index (χ4v) is 3.24. The van der Waals surface area contributed by atoms with Crippen LogP contribution in [0, 0.1) is 23.5 Å². The van der Waals surface area contributed by atoms with Gasteiger partial charge in [-0.25, -0.2) is 8.78 Å². The highest BCUT2D eigenvalue weighted by Gasteiger charge is 2.27. The Labute approximate surface area is 127 Å². The van der Waals surface area contributed by atoms with E-state index in [2.05, 4.69) is 26.1 Å². The third kappa shape index (κ3) is 5.06. The Morgan fingerprint density at radius 3 is 2.43 bits per heavy atom. The van der Waals surface area contributed by atoms with Gasteiger partial charge in [-0.3, -0.25) is 0 Å². The van der Waals surface area contributed by atoms with Crippen molar-refractivity contribution in [3.8, 4) is 0 Å². The third-order valence-corrected chi connectivity index (χ3v) is 4.46. The van der Waals surface area contributed by atoms with Gasteiger partial charge < -0.3 is 5.32 Å². The molecule has 0 amide bonds. The van der Waals surface area contributed by atoms with Crippen molar-refractivity contribution >= 4 is 0 Å². The maximum Gasteiger partial charge on any atom is 0.129 e. The highest BCUT2D eigenvalue weighted by molar-refractivity contribution is 5.19. The van der Waals surface area contributed by atoms with E-state index >= 15 is 0 Å². The number of nitrogens with one attached hydrogen (secondary N) is 1. The number of hydrogen-bond acceptors (Lipinski definition) is 1. The number of halogens is 2. The molecule has 1 aliphatic carbocycles. The molecule has 1 aliphatic rings. The molecule has 1 fully saturated rings. The lowest BCUT2D eigenvalue weighted by Gasteiger charge is -2.29. The zero-order chi connectivity index (χ0) is 15.5. The molecule has 2 rings (SSSR count). The van der Waals surface area contributed by atoms with E-state index in [1.807, 2.05) is 0 Å². The van der Waals surface area contributed by atoms with Gasteiger partial charge in [0.15, 0.2) is 0 Å². The smallest absolute Gasteiger partial charge is 0.129 e. The van der Waals surface area contributed by atoms with Crippen molar-refractivity contribution in [3.63, 3.8) is 0 Å². The van der Waals surface area contributed by atoms with Crippen LogP contribution in [0.5, 0.6) is 0 Å². The van der Waals surface area contributed by atoms with Crippen LogP contribution in [-0.2, 0) is 6.42 Å². The minimum atomic E-state index is -0.499. The first-order valence-corrected chi connectivity index (χ1v) is 8.04. The van der Waals surface area contributed by atoms with Crippen LogP contribution in [0.2, 0.25) is 0 Å². The summed E-state index contributed by atoms with van der Waals surface area (Å²) in [6.07, 6.45) is 5.73. The summed E-state index contributed by atoms with van der Waals surface area (Å²) in [7, 11) is 0. The van der Waals surface area contributed by atoms with E-state index < -0.39 is 11.6 Å². The molecule has 1 aromatic rings. The summed E-state index contributed by atoms with van der Waals surface area (Å²) in [4.78, 5) is 0. The third-order valence-electron chi connectivity index (χ3n) is 4.46. The summed E-state index contributed by atoms with van der Waals surface area (Å²) >= 11 is 0. The Morgan fingerprint density at radius 2 is 1.86 bits per heavy atom. The molecule has 3 heteroatoms. The normalized spacial score (nSPS) is 18.1. The molecule has 0 radical (unpaired) electrons. The van der Waals surface area contributed by atoms with Crippen LogP contribution in [0.3, 0.4) is 0 Å². The van der Waals surface area contributed by atoms with E-state index in [1.54, 1.807) is 6.07 Å². The molecule has 0 aromatic heterocycles. The minimum absolute atomic E-state index is 0.0677. The number of rotatable bonds is 5. The van der Waals surface area contributed by atoms with Crippen LogP contribution in [0.25, 0.3) is 0 Å². The first-order valence-electron chi connectivity index (χ1n) is 8.04. The molecule has 0 saturated heterocycles. The molecule has 0 spiro atoms. The molecule has 1 aromatic carbocycles. The van der Waals surface area contributed by atoms with Crippen LogP contribution < -0.4 is 5.32 Å². The van der Waals surface area contributed by atoms with Gasteiger partial charge in [-0.2, -0.15) is 0 Å². The largest absolute Gasteiger partial charge is 0.312 e. The molecule has 1 unspecified atom stereocenters. The second-order valence-corrected chi connectivity index (χ2v) is 7.38. The standard InChI is InChI=1S/C18H27F2N/c1-18(2,3)21-12-15(13-6-4-5-7-13)10-14-8-9-16(19)11-17(14)20/h8-9,11,13,15,21H,4-7,10,12H2,1-3H3. The van der Waals surface area contributed by atoms with Crippen molar-refractivity contribution in [3.05, 3.63) is 35.4 Å². The molecular formula is C18H27F2N. The zero-order valence-corrected chi connectivity index (χ0v) is 13.4. The van der Waals surface area contributed by atoms with Crippen LogP contribution in [-0.4, -0.2) is 12.1 Å². The van der Waals surface area contributed by atoms with Crippen molar-refractivity contribution in [2.75, 3.05) is 6.54 Å². The average Bonchev–Trinajstić information content (AvgIpc) is 2.89. The molecular weight excluding hydrogens is 268 g/mol. The molecule has 1 atom stereocenters. The molecule has 1 saturated carbocycles. The summed E-state index contributed by atoms with van der Waals surface area (Å²) in [5.74, 6) is 0.172. The molecule has 0 aliphatic heterocycles. The van der Waals surface area contributed by atoms with E-state index in [0.29, 0.717) is 23.8 Å². The van der Waals surface area contributed by atoms with Crippen molar-refractivity contribution in [1.29, 1.82) is 0 Å². The Morgan fingerprint density at radius 1 is 1.19 bits per heavy atom. The van der Waals surface area contributed by atoms with Crippen molar-refractivity contribution in [2.45, 2.75) is 58.4 Å². The van der Waals surface area contributed by atoms with Gasteiger partial charge >= 0.3 is 0 Å². The zero-order valence-electron chi connectivity index (χ0n) is 13.4. The highest BCUT2D eigenvalue weighted by Crippen LogP contribution is 2.33. The van der Waals surface area contributed by atoms with E-state index in [4.69, 9.17) is 0 Å². The lowest BCUT2D eigenvalue weighted by Crippen LogP contribution is -2.41. The van der Waals surface area contributed by atoms with Crippen LogP contribution in [0.4, 0.5) is 8.78 Å². The van der Waals surface area contributed by atoms with E-state index in [9.17, 15) is 8.78 Å². The van der Waals surface area contributed by atoms with Gasteiger partial charge in [-0.05, 0) is 57.2 Å². The molecule has 0 bridgehead atoms. The van der Waals surface area contributed by atoms with Gasteiger partial charge in [0.2, 0.25) is 0 Å². The van der Waals surface area contributed by atoms with E-state index in [1.165, 1.54) is 31.7 Å². The monoisotopic (exact) mass is 295 g/mol. The second kappa shape index (κ2) is 6.87.